The first-order valence-electron chi connectivity index (χ1n) is 6.95. The summed E-state index contributed by atoms with van der Waals surface area (Å²) in [5, 5.41) is 12.2. The van der Waals surface area contributed by atoms with Gasteiger partial charge in [0.15, 0.2) is 0 Å². The number of hydrogen-bond acceptors (Lipinski definition) is 4. The predicted octanol–water partition coefficient (Wildman–Crippen LogP) is 3.55. The molecule has 0 aliphatic rings. The summed E-state index contributed by atoms with van der Waals surface area (Å²) in [6.45, 7) is 0. The molecular weight excluding hydrogens is 272 g/mol. The molecule has 0 saturated carbocycles. The van der Waals surface area contributed by atoms with Crippen molar-refractivity contribution in [2.45, 2.75) is 6.04 Å². The van der Waals surface area contributed by atoms with E-state index < -0.39 is 0 Å². The second-order valence-corrected chi connectivity index (χ2v) is 4.79. The maximum absolute atomic E-state index is 8.85. The molecule has 0 radical (unpaired) electrons. The summed E-state index contributed by atoms with van der Waals surface area (Å²) in [5.41, 5.74) is 2.56. The molecule has 0 aliphatic heterocycles. The topological polar surface area (TPSA) is 61.6 Å². The summed E-state index contributed by atoms with van der Waals surface area (Å²) in [5.74, 6) is 0.707. The standard InChI is InChI=1S/C18H14N4/c19-12-14-9-10-17(21-13-14)22-18(15-6-2-1-3-7-15)16-8-4-5-11-20-16/h1-11,13,18H,(H,21,22)/t18-/m0/s1. The fourth-order valence-corrected chi connectivity index (χ4v) is 2.21. The average molecular weight is 286 g/mol. The van der Waals surface area contributed by atoms with Crippen molar-refractivity contribution in [3.05, 3.63) is 89.9 Å². The highest BCUT2D eigenvalue weighted by atomic mass is 15.0. The van der Waals surface area contributed by atoms with Crippen LogP contribution in [0.15, 0.2) is 73.1 Å². The zero-order chi connectivity index (χ0) is 15.2. The van der Waals surface area contributed by atoms with Crippen LogP contribution in [-0.4, -0.2) is 9.97 Å². The van der Waals surface area contributed by atoms with Gasteiger partial charge in [0.2, 0.25) is 0 Å². The van der Waals surface area contributed by atoms with Gasteiger partial charge in [-0.3, -0.25) is 4.98 Å². The Bertz CT molecular complexity index is 722. The minimum absolute atomic E-state index is 0.0946. The largest absolute Gasteiger partial charge is 0.358 e. The number of hydrogen-bond donors (Lipinski definition) is 1. The van der Waals surface area contributed by atoms with Crippen LogP contribution in [-0.2, 0) is 0 Å². The number of rotatable bonds is 4. The highest BCUT2D eigenvalue weighted by Crippen LogP contribution is 2.24. The molecule has 22 heavy (non-hydrogen) atoms. The second kappa shape index (κ2) is 6.51. The fourth-order valence-electron chi connectivity index (χ4n) is 2.21. The monoisotopic (exact) mass is 286 g/mol. The molecule has 3 rings (SSSR count). The Morgan fingerprint density at radius 1 is 0.909 bits per heavy atom. The quantitative estimate of drug-likeness (QED) is 0.796. The number of nitrogens with zero attached hydrogens (tertiary/aromatic N) is 3. The van der Waals surface area contributed by atoms with Crippen LogP contribution in [0.4, 0.5) is 5.82 Å². The molecule has 1 atom stereocenters. The van der Waals surface area contributed by atoms with E-state index in [0.717, 1.165) is 11.3 Å². The fraction of sp³-hybridized carbons (Fsp3) is 0.0556. The first kappa shape index (κ1) is 13.8. The number of nitrogens with one attached hydrogen (secondary N) is 1. The number of benzene rings is 1. The van der Waals surface area contributed by atoms with Crippen molar-refractivity contribution < 1.29 is 0 Å². The first-order valence-corrected chi connectivity index (χ1v) is 6.95. The Balaban J connectivity index is 1.94. The Labute approximate surface area is 129 Å². The molecule has 1 N–H and O–H groups in total. The Hall–Kier alpha value is -3.19. The third-order valence-electron chi connectivity index (χ3n) is 3.30. The van der Waals surface area contributed by atoms with Gasteiger partial charge in [-0.2, -0.15) is 5.26 Å². The van der Waals surface area contributed by atoms with Crippen molar-refractivity contribution in [2.75, 3.05) is 5.32 Å². The Morgan fingerprint density at radius 3 is 2.36 bits per heavy atom. The Morgan fingerprint density at radius 2 is 1.73 bits per heavy atom. The molecule has 3 aromatic rings. The van der Waals surface area contributed by atoms with Gasteiger partial charge in [0.25, 0.3) is 0 Å². The van der Waals surface area contributed by atoms with Crippen LogP contribution < -0.4 is 5.32 Å². The lowest BCUT2D eigenvalue weighted by Gasteiger charge is -2.19. The van der Waals surface area contributed by atoms with Crippen LogP contribution >= 0.6 is 0 Å². The predicted molar refractivity (Wildman–Crippen MR) is 85.1 cm³/mol. The van der Waals surface area contributed by atoms with Gasteiger partial charge in [-0.05, 0) is 29.8 Å². The van der Waals surface area contributed by atoms with E-state index in [4.69, 9.17) is 5.26 Å². The molecule has 0 amide bonds. The molecular formula is C18H14N4. The zero-order valence-corrected chi connectivity index (χ0v) is 11.8. The minimum Gasteiger partial charge on any atom is -0.358 e. The van der Waals surface area contributed by atoms with Crippen LogP contribution in [0.5, 0.6) is 0 Å². The van der Waals surface area contributed by atoms with Crippen molar-refractivity contribution in [1.29, 1.82) is 5.26 Å². The van der Waals surface area contributed by atoms with E-state index in [1.807, 2.05) is 36.4 Å². The molecule has 0 fully saturated rings. The summed E-state index contributed by atoms with van der Waals surface area (Å²) < 4.78 is 0. The lowest BCUT2D eigenvalue weighted by atomic mass is 10.0. The molecule has 0 unspecified atom stereocenters. The molecule has 106 valence electrons. The number of nitriles is 1. The zero-order valence-electron chi connectivity index (χ0n) is 11.8. The van der Waals surface area contributed by atoms with E-state index in [0.29, 0.717) is 11.4 Å². The van der Waals surface area contributed by atoms with Crippen LogP contribution in [0.1, 0.15) is 22.9 Å². The average Bonchev–Trinajstić information content (AvgIpc) is 2.62. The summed E-state index contributed by atoms with van der Waals surface area (Å²) in [6, 6.07) is 21.4. The molecule has 4 heteroatoms. The van der Waals surface area contributed by atoms with Gasteiger partial charge in [0.1, 0.15) is 11.9 Å². The maximum Gasteiger partial charge on any atom is 0.126 e. The van der Waals surface area contributed by atoms with Gasteiger partial charge >= 0.3 is 0 Å². The molecule has 0 bridgehead atoms. The van der Waals surface area contributed by atoms with Gasteiger partial charge < -0.3 is 5.32 Å². The molecule has 2 aromatic heterocycles. The van der Waals surface area contributed by atoms with E-state index in [-0.39, 0.29) is 6.04 Å². The van der Waals surface area contributed by atoms with E-state index in [2.05, 4.69) is 33.5 Å². The van der Waals surface area contributed by atoms with Crippen molar-refractivity contribution in [3.63, 3.8) is 0 Å². The second-order valence-electron chi connectivity index (χ2n) is 4.79. The highest BCUT2D eigenvalue weighted by molar-refractivity contribution is 5.44. The van der Waals surface area contributed by atoms with Crippen LogP contribution in [0, 0.1) is 11.3 Å². The van der Waals surface area contributed by atoms with Crippen LogP contribution in [0.25, 0.3) is 0 Å². The van der Waals surface area contributed by atoms with E-state index >= 15 is 0 Å². The van der Waals surface area contributed by atoms with Crippen molar-refractivity contribution in [2.24, 2.45) is 0 Å². The van der Waals surface area contributed by atoms with Crippen LogP contribution in [0.3, 0.4) is 0 Å². The maximum atomic E-state index is 8.85. The highest BCUT2D eigenvalue weighted by Gasteiger charge is 2.15. The number of anilines is 1. The van der Waals surface area contributed by atoms with Crippen molar-refractivity contribution >= 4 is 5.82 Å². The van der Waals surface area contributed by atoms with Gasteiger partial charge in [-0.25, -0.2) is 4.98 Å². The summed E-state index contributed by atoms with van der Waals surface area (Å²) >= 11 is 0. The Kier molecular flexibility index (Phi) is 4.08. The van der Waals surface area contributed by atoms with Gasteiger partial charge in [0.05, 0.1) is 17.3 Å². The summed E-state index contributed by atoms with van der Waals surface area (Å²) in [4.78, 5) is 8.72. The minimum atomic E-state index is -0.0946. The number of pyridine rings is 2. The summed E-state index contributed by atoms with van der Waals surface area (Å²) in [6.07, 6.45) is 3.34. The van der Waals surface area contributed by atoms with E-state index in [9.17, 15) is 0 Å². The van der Waals surface area contributed by atoms with Crippen LogP contribution in [0.2, 0.25) is 0 Å². The van der Waals surface area contributed by atoms with E-state index in [1.54, 1.807) is 24.5 Å². The van der Waals surface area contributed by atoms with Gasteiger partial charge in [-0.1, -0.05) is 36.4 Å². The first-order chi connectivity index (χ1) is 10.9. The van der Waals surface area contributed by atoms with Crippen molar-refractivity contribution in [1.82, 2.24) is 9.97 Å². The van der Waals surface area contributed by atoms with Crippen molar-refractivity contribution in [3.8, 4) is 6.07 Å². The molecule has 1 aromatic carbocycles. The third kappa shape index (κ3) is 3.10. The molecule has 0 saturated heterocycles. The normalized spacial score (nSPS) is 11.4. The molecule has 0 aliphatic carbocycles. The smallest absolute Gasteiger partial charge is 0.126 e. The van der Waals surface area contributed by atoms with Gasteiger partial charge in [-0.15, -0.1) is 0 Å². The molecule has 0 spiro atoms. The SMILES string of the molecule is N#Cc1ccc(N[C@@H](c2ccccc2)c2ccccn2)nc1. The lowest BCUT2D eigenvalue weighted by molar-refractivity contribution is 0.878. The third-order valence-corrected chi connectivity index (χ3v) is 3.30. The lowest BCUT2D eigenvalue weighted by Crippen LogP contribution is -2.14. The van der Waals surface area contributed by atoms with Gasteiger partial charge in [0, 0.05) is 12.4 Å². The number of aromatic nitrogens is 2. The summed E-state index contributed by atoms with van der Waals surface area (Å²) in [7, 11) is 0. The van der Waals surface area contributed by atoms with E-state index in [1.165, 1.54) is 0 Å². The molecule has 4 nitrogen and oxygen atoms in total. The molecule has 2 heterocycles.